The molecule has 7 heteroatoms. The lowest BCUT2D eigenvalue weighted by molar-refractivity contribution is -0.140. The number of carbonyl (C=O) groups is 2. The summed E-state index contributed by atoms with van der Waals surface area (Å²) in [6, 6.07) is 13.4. The van der Waals surface area contributed by atoms with Crippen molar-refractivity contribution in [2.24, 2.45) is 0 Å². The summed E-state index contributed by atoms with van der Waals surface area (Å²) in [5, 5.41) is 11.3. The highest BCUT2D eigenvalue weighted by Gasteiger charge is 2.46. The van der Waals surface area contributed by atoms with Crippen LogP contribution in [0.15, 0.2) is 54.1 Å². The molecule has 1 aliphatic rings. The van der Waals surface area contributed by atoms with Crippen LogP contribution in [0, 0.1) is 0 Å². The van der Waals surface area contributed by atoms with E-state index in [-0.39, 0.29) is 11.3 Å². The molecule has 0 aromatic heterocycles. The predicted octanol–water partition coefficient (Wildman–Crippen LogP) is 3.86. The molecule has 1 unspecified atom stereocenters. The average Bonchev–Trinajstić information content (AvgIpc) is 3.09. The van der Waals surface area contributed by atoms with Crippen molar-refractivity contribution in [3.8, 4) is 11.5 Å². The quantitative estimate of drug-likeness (QED) is 0.335. The van der Waals surface area contributed by atoms with Crippen LogP contribution in [0.3, 0.4) is 0 Å². The summed E-state index contributed by atoms with van der Waals surface area (Å²) in [4.78, 5) is 30.1. The van der Waals surface area contributed by atoms with Crippen LogP contribution in [-0.4, -0.2) is 66.5 Å². The number of methoxy groups -OCH3 is 1. The number of likely N-dealkylation sites (N-methyl/N-ethyl adjacent to an activating group) is 1. The molecule has 2 aromatic carbocycles. The summed E-state index contributed by atoms with van der Waals surface area (Å²) in [6.45, 7) is 9.10. The van der Waals surface area contributed by atoms with Gasteiger partial charge in [0, 0.05) is 24.2 Å². The molecule has 1 fully saturated rings. The minimum absolute atomic E-state index is 0.0534. The Morgan fingerprint density at radius 2 is 1.79 bits per heavy atom. The third-order valence-electron chi connectivity index (χ3n) is 5.94. The number of nitrogens with zero attached hydrogens (tertiary/aromatic N) is 2. The molecule has 1 saturated heterocycles. The van der Waals surface area contributed by atoms with Crippen LogP contribution < -0.4 is 9.47 Å². The van der Waals surface area contributed by atoms with E-state index in [1.807, 2.05) is 25.1 Å². The number of ether oxygens (including phenoxy) is 2. The molecule has 3 rings (SSSR count). The third-order valence-corrected chi connectivity index (χ3v) is 5.94. The number of aliphatic hydroxyl groups excluding tert-OH is 1. The van der Waals surface area contributed by atoms with E-state index in [2.05, 4.69) is 18.7 Å². The molecule has 1 aliphatic heterocycles. The lowest BCUT2D eigenvalue weighted by Crippen LogP contribution is -2.38. The first-order valence-electron chi connectivity index (χ1n) is 11.3. The van der Waals surface area contributed by atoms with Crippen molar-refractivity contribution >= 4 is 17.4 Å². The van der Waals surface area contributed by atoms with E-state index < -0.39 is 17.7 Å². The van der Waals surface area contributed by atoms with Crippen molar-refractivity contribution in [2.75, 3.05) is 39.9 Å². The van der Waals surface area contributed by atoms with Gasteiger partial charge in [-0.1, -0.05) is 44.2 Å². The molecule has 0 bridgehead atoms. The summed E-state index contributed by atoms with van der Waals surface area (Å²) in [5.74, 6) is -0.432. The Kier molecular flexibility index (Phi) is 8.11. The van der Waals surface area contributed by atoms with Crippen molar-refractivity contribution in [2.45, 2.75) is 26.8 Å². The number of hydrogen-bond donors (Lipinski definition) is 1. The first-order valence-corrected chi connectivity index (χ1v) is 11.3. The molecule has 1 amide bonds. The number of hydrogen-bond acceptors (Lipinski definition) is 6. The number of likely N-dealkylation sites (tertiary alicyclic amines) is 1. The summed E-state index contributed by atoms with van der Waals surface area (Å²) in [6.07, 6.45) is 0. The number of aliphatic hydroxyl groups is 1. The van der Waals surface area contributed by atoms with Crippen LogP contribution in [0.4, 0.5) is 0 Å². The van der Waals surface area contributed by atoms with Crippen molar-refractivity contribution in [1.82, 2.24) is 9.80 Å². The molecule has 33 heavy (non-hydrogen) atoms. The van der Waals surface area contributed by atoms with E-state index in [4.69, 9.17) is 9.47 Å². The maximum atomic E-state index is 13.2. The van der Waals surface area contributed by atoms with Gasteiger partial charge in [-0.05, 0) is 38.2 Å². The SMILES string of the molecule is CCOc1cccc(/C(O)=C2/C(=O)C(=O)N(CCN(CC)CC)C2c2ccccc2OC)c1. The van der Waals surface area contributed by atoms with E-state index in [1.165, 1.54) is 4.90 Å². The second kappa shape index (κ2) is 11.0. The van der Waals surface area contributed by atoms with Crippen molar-refractivity contribution in [3.63, 3.8) is 0 Å². The second-order valence-electron chi connectivity index (χ2n) is 7.72. The number of para-hydroxylation sites is 1. The molecule has 2 aromatic rings. The molecule has 7 nitrogen and oxygen atoms in total. The molecule has 0 saturated carbocycles. The van der Waals surface area contributed by atoms with Gasteiger partial charge in [-0.2, -0.15) is 0 Å². The Balaban J connectivity index is 2.14. The lowest BCUT2D eigenvalue weighted by atomic mass is 9.94. The van der Waals surface area contributed by atoms with Gasteiger partial charge in [0.05, 0.1) is 25.3 Å². The fourth-order valence-electron chi connectivity index (χ4n) is 4.17. The van der Waals surface area contributed by atoms with Gasteiger partial charge in [-0.15, -0.1) is 0 Å². The summed E-state index contributed by atoms with van der Waals surface area (Å²) < 4.78 is 11.1. The molecule has 1 N–H and O–H groups in total. The molecule has 176 valence electrons. The fraction of sp³-hybridized carbons (Fsp3) is 0.385. The topological polar surface area (TPSA) is 79.3 Å². The van der Waals surface area contributed by atoms with Gasteiger partial charge in [0.2, 0.25) is 0 Å². The van der Waals surface area contributed by atoms with Crippen LogP contribution in [-0.2, 0) is 9.59 Å². The van der Waals surface area contributed by atoms with E-state index in [0.717, 1.165) is 13.1 Å². The number of ketones is 1. The zero-order valence-electron chi connectivity index (χ0n) is 19.7. The number of Topliss-reactive ketones (excluding diaryl/α,β-unsaturated/α-hetero) is 1. The summed E-state index contributed by atoms with van der Waals surface area (Å²) in [5.41, 5.74) is 1.13. The highest BCUT2D eigenvalue weighted by Crippen LogP contribution is 2.42. The maximum absolute atomic E-state index is 13.2. The molecule has 1 heterocycles. The van der Waals surface area contributed by atoms with E-state index >= 15 is 0 Å². The average molecular weight is 453 g/mol. The second-order valence-corrected chi connectivity index (χ2v) is 7.72. The van der Waals surface area contributed by atoms with Crippen LogP contribution in [0.25, 0.3) is 5.76 Å². The van der Waals surface area contributed by atoms with Gasteiger partial charge in [0.15, 0.2) is 0 Å². The van der Waals surface area contributed by atoms with Gasteiger partial charge in [-0.25, -0.2) is 0 Å². The van der Waals surface area contributed by atoms with E-state index in [1.54, 1.807) is 37.4 Å². The monoisotopic (exact) mass is 452 g/mol. The van der Waals surface area contributed by atoms with Gasteiger partial charge in [-0.3, -0.25) is 9.59 Å². The van der Waals surface area contributed by atoms with Gasteiger partial charge >= 0.3 is 0 Å². The molecule has 1 atom stereocenters. The first-order chi connectivity index (χ1) is 16.0. The molecule has 0 radical (unpaired) electrons. The van der Waals surface area contributed by atoms with Crippen molar-refractivity contribution in [1.29, 1.82) is 0 Å². The lowest BCUT2D eigenvalue weighted by Gasteiger charge is -2.29. The van der Waals surface area contributed by atoms with Gasteiger partial charge in [0.25, 0.3) is 11.7 Å². The number of rotatable bonds is 10. The highest BCUT2D eigenvalue weighted by molar-refractivity contribution is 6.46. The third kappa shape index (κ3) is 5.03. The largest absolute Gasteiger partial charge is 0.507 e. The van der Waals surface area contributed by atoms with Crippen molar-refractivity contribution in [3.05, 3.63) is 65.2 Å². The summed E-state index contributed by atoms with van der Waals surface area (Å²) in [7, 11) is 1.55. The minimum atomic E-state index is -0.757. The van der Waals surface area contributed by atoms with Crippen molar-refractivity contribution < 1.29 is 24.2 Å². The fourth-order valence-corrected chi connectivity index (χ4v) is 4.17. The normalized spacial score (nSPS) is 17.6. The molecule has 0 spiro atoms. The van der Waals surface area contributed by atoms with Gasteiger partial charge in [0.1, 0.15) is 17.3 Å². The Morgan fingerprint density at radius 3 is 2.45 bits per heavy atom. The number of amides is 1. The smallest absolute Gasteiger partial charge is 0.295 e. The zero-order valence-corrected chi connectivity index (χ0v) is 19.7. The standard InChI is InChI=1S/C26H32N2O5/c1-5-27(6-2)15-16-28-23(20-13-8-9-14-21(20)32-4)22(25(30)26(28)31)24(29)18-11-10-12-19(17-18)33-7-3/h8-14,17,23,29H,5-7,15-16H2,1-4H3/b24-22-. The minimum Gasteiger partial charge on any atom is -0.507 e. The van der Waals surface area contributed by atoms with Crippen LogP contribution >= 0.6 is 0 Å². The molecule has 0 aliphatic carbocycles. The highest BCUT2D eigenvalue weighted by atomic mass is 16.5. The Morgan fingerprint density at radius 1 is 1.06 bits per heavy atom. The van der Waals surface area contributed by atoms with Crippen LogP contribution in [0.5, 0.6) is 11.5 Å². The first kappa shape index (κ1) is 24.3. The molecular weight excluding hydrogens is 420 g/mol. The maximum Gasteiger partial charge on any atom is 0.295 e. The predicted molar refractivity (Wildman–Crippen MR) is 127 cm³/mol. The Bertz CT molecular complexity index is 1030. The zero-order chi connectivity index (χ0) is 24.0. The van der Waals surface area contributed by atoms with Gasteiger partial charge < -0.3 is 24.4 Å². The Hall–Kier alpha value is -3.32. The number of benzene rings is 2. The van der Waals surface area contributed by atoms with E-state index in [0.29, 0.717) is 42.3 Å². The Labute approximate surface area is 195 Å². The molecular formula is C26H32N2O5. The number of carbonyl (C=O) groups excluding carboxylic acids is 2. The summed E-state index contributed by atoms with van der Waals surface area (Å²) >= 11 is 0. The van der Waals surface area contributed by atoms with Crippen LogP contribution in [0.2, 0.25) is 0 Å². The van der Waals surface area contributed by atoms with E-state index in [9.17, 15) is 14.7 Å². The van der Waals surface area contributed by atoms with Crippen LogP contribution in [0.1, 0.15) is 37.9 Å².